The number of nitrogens with zero attached hydrogens (tertiary/aromatic N) is 1. The molecule has 2 aromatic rings. The van der Waals surface area contributed by atoms with Crippen LogP contribution in [0.4, 0.5) is 0 Å². The van der Waals surface area contributed by atoms with Gasteiger partial charge in [0.15, 0.2) is 0 Å². The van der Waals surface area contributed by atoms with Gasteiger partial charge < -0.3 is 20.5 Å². The molecule has 7 nitrogen and oxygen atoms in total. The molecule has 0 fully saturated rings. The van der Waals surface area contributed by atoms with E-state index in [0.717, 1.165) is 16.9 Å². The van der Waals surface area contributed by atoms with E-state index in [1.165, 1.54) is 18.3 Å². The number of carboxylic acid groups (broad SMARTS) is 1. The van der Waals surface area contributed by atoms with Gasteiger partial charge in [-0.05, 0) is 35.4 Å². The molecule has 1 amide bonds. The maximum absolute atomic E-state index is 12.1. The molecule has 0 heterocycles. The lowest BCUT2D eigenvalue weighted by Gasteiger charge is -2.06. The van der Waals surface area contributed by atoms with Crippen LogP contribution < -0.4 is 15.4 Å². The minimum absolute atomic E-state index is 0.0503. The number of rotatable bonds is 8. The number of hydrogen-bond acceptors (Lipinski definition) is 5. The molecule has 0 unspecified atom stereocenters. The lowest BCUT2D eigenvalue weighted by Crippen LogP contribution is -2.25. The summed E-state index contributed by atoms with van der Waals surface area (Å²) in [5, 5.41) is 23.6. The van der Waals surface area contributed by atoms with Crippen LogP contribution in [-0.4, -0.2) is 24.1 Å². The van der Waals surface area contributed by atoms with Gasteiger partial charge >= 0.3 is 5.97 Å². The molecule has 3 N–H and O–H groups in total. The van der Waals surface area contributed by atoms with Gasteiger partial charge in [-0.2, -0.15) is 5.26 Å². The highest BCUT2D eigenvalue weighted by atomic mass is 16.5. The van der Waals surface area contributed by atoms with Crippen LogP contribution in [0.2, 0.25) is 0 Å². The number of aromatic carboxylic acids is 1. The Balaban J connectivity index is 1.87. The van der Waals surface area contributed by atoms with Gasteiger partial charge in [0.2, 0.25) is 0 Å². The highest BCUT2D eigenvalue weighted by Crippen LogP contribution is 2.11. The van der Waals surface area contributed by atoms with E-state index < -0.39 is 11.9 Å². The Kier molecular flexibility index (Phi) is 6.97. The van der Waals surface area contributed by atoms with Crippen molar-refractivity contribution < 1.29 is 19.4 Å². The third kappa shape index (κ3) is 5.90. The fraction of sp³-hybridized carbons (Fsp3) is 0.150. The van der Waals surface area contributed by atoms with Crippen molar-refractivity contribution in [3.05, 3.63) is 77.0 Å². The summed E-state index contributed by atoms with van der Waals surface area (Å²) in [4.78, 5) is 22.9. The van der Waals surface area contributed by atoms with Crippen LogP contribution in [0.3, 0.4) is 0 Å². The first-order chi connectivity index (χ1) is 13.0. The predicted molar refractivity (Wildman–Crippen MR) is 98.8 cm³/mol. The Hall–Kier alpha value is -3.79. The third-order valence-electron chi connectivity index (χ3n) is 3.73. The van der Waals surface area contributed by atoms with Crippen molar-refractivity contribution in [1.29, 1.82) is 5.26 Å². The highest BCUT2D eigenvalue weighted by molar-refractivity contribution is 5.97. The second-order valence-electron chi connectivity index (χ2n) is 5.58. The van der Waals surface area contributed by atoms with E-state index >= 15 is 0 Å². The highest BCUT2D eigenvalue weighted by Gasteiger charge is 2.08. The molecule has 0 radical (unpaired) electrons. The molecule has 0 atom stereocenters. The summed E-state index contributed by atoms with van der Waals surface area (Å²) >= 11 is 0. The number of nitriles is 1. The Morgan fingerprint density at radius 1 is 1.07 bits per heavy atom. The van der Waals surface area contributed by atoms with Gasteiger partial charge in [0.05, 0.1) is 12.7 Å². The van der Waals surface area contributed by atoms with E-state index in [-0.39, 0.29) is 11.1 Å². The molecular weight excluding hydrogens is 346 g/mol. The van der Waals surface area contributed by atoms with Crippen molar-refractivity contribution in [2.45, 2.75) is 13.1 Å². The van der Waals surface area contributed by atoms with Crippen molar-refractivity contribution >= 4 is 11.9 Å². The Labute approximate surface area is 156 Å². The topological polar surface area (TPSA) is 111 Å². The lowest BCUT2D eigenvalue weighted by atomic mass is 10.1. The Bertz CT molecular complexity index is 866. The molecule has 0 saturated carbocycles. The smallest absolute Gasteiger partial charge is 0.335 e. The number of ether oxygens (including phenoxy) is 1. The quantitative estimate of drug-likeness (QED) is 0.488. The first kappa shape index (κ1) is 19.5. The fourth-order valence-corrected chi connectivity index (χ4v) is 2.21. The van der Waals surface area contributed by atoms with Crippen molar-refractivity contribution in [2.24, 2.45) is 0 Å². The summed E-state index contributed by atoms with van der Waals surface area (Å²) in [6.07, 6.45) is 1.34. The van der Waals surface area contributed by atoms with E-state index in [4.69, 9.17) is 15.1 Å². The molecule has 0 aliphatic heterocycles. The molecule has 0 aromatic heterocycles. The molecule has 0 spiro atoms. The van der Waals surface area contributed by atoms with Crippen LogP contribution in [-0.2, 0) is 17.9 Å². The van der Waals surface area contributed by atoms with Crippen molar-refractivity contribution in [3.63, 3.8) is 0 Å². The van der Waals surface area contributed by atoms with Gasteiger partial charge in [-0.15, -0.1) is 0 Å². The third-order valence-corrected chi connectivity index (χ3v) is 3.73. The number of benzene rings is 2. The van der Waals surface area contributed by atoms with Gasteiger partial charge in [0.1, 0.15) is 17.4 Å². The molecule has 0 aliphatic rings. The molecule has 0 saturated heterocycles. The molecule has 27 heavy (non-hydrogen) atoms. The molecule has 0 bridgehead atoms. The number of nitrogens with one attached hydrogen (secondary N) is 2. The Morgan fingerprint density at radius 3 is 2.22 bits per heavy atom. The molecule has 138 valence electrons. The van der Waals surface area contributed by atoms with Crippen molar-refractivity contribution in [1.82, 2.24) is 10.6 Å². The minimum atomic E-state index is -0.991. The van der Waals surface area contributed by atoms with E-state index in [1.807, 2.05) is 18.2 Å². The summed E-state index contributed by atoms with van der Waals surface area (Å²) in [6, 6.07) is 15.4. The SMILES string of the molecule is COc1ccc(CNC(=O)/C(C#N)=C\NCc2ccc(C(=O)O)cc2)cc1. The normalized spacial score (nSPS) is 10.6. The molecule has 0 aliphatic carbocycles. The predicted octanol–water partition coefficient (Wildman–Crippen LogP) is 2.21. The first-order valence-corrected chi connectivity index (χ1v) is 8.10. The molecule has 7 heteroatoms. The molecule has 2 rings (SSSR count). The number of carboxylic acids is 1. The summed E-state index contributed by atoms with van der Waals surface area (Å²) in [5.74, 6) is -0.750. The van der Waals surface area contributed by atoms with Crippen LogP contribution in [0.1, 0.15) is 21.5 Å². The maximum atomic E-state index is 12.1. The summed E-state index contributed by atoms with van der Waals surface area (Å²) in [6.45, 7) is 0.648. The van der Waals surface area contributed by atoms with Crippen molar-refractivity contribution in [3.8, 4) is 11.8 Å². The van der Waals surface area contributed by atoms with Gasteiger partial charge in [-0.1, -0.05) is 24.3 Å². The van der Waals surface area contributed by atoms with E-state index in [9.17, 15) is 9.59 Å². The Morgan fingerprint density at radius 2 is 1.67 bits per heavy atom. The van der Waals surface area contributed by atoms with E-state index in [2.05, 4.69) is 10.6 Å². The van der Waals surface area contributed by atoms with Crippen LogP contribution in [0, 0.1) is 11.3 Å². The van der Waals surface area contributed by atoms with Crippen molar-refractivity contribution in [2.75, 3.05) is 7.11 Å². The largest absolute Gasteiger partial charge is 0.497 e. The molecular formula is C20H19N3O4. The summed E-state index contributed by atoms with van der Waals surface area (Å²) in [5.41, 5.74) is 1.86. The summed E-state index contributed by atoms with van der Waals surface area (Å²) in [7, 11) is 1.58. The zero-order valence-corrected chi connectivity index (χ0v) is 14.7. The average Bonchev–Trinajstić information content (AvgIpc) is 2.70. The van der Waals surface area contributed by atoms with Crippen LogP contribution in [0.15, 0.2) is 60.3 Å². The first-order valence-electron chi connectivity index (χ1n) is 8.10. The van der Waals surface area contributed by atoms with Crippen LogP contribution in [0.25, 0.3) is 0 Å². The summed E-state index contributed by atoms with van der Waals surface area (Å²) < 4.78 is 5.07. The maximum Gasteiger partial charge on any atom is 0.335 e. The standard InChI is InChI=1S/C20H19N3O4/c1-27-18-8-4-15(5-9-18)12-23-19(24)17(10-21)13-22-11-14-2-6-16(7-3-14)20(25)26/h2-9,13,22H,11-12H2,1H3,(H,23,24)(H,25,26)/b17-13-. The number of hydrogen-bond donors (Lipinski definition) is 3. The average molecular weight is 365 g/mol. The van der Waals surface area contributed by atoms with Crippen LogP contribution >= 0.6 is 0 Å². The number of methoxy groups -OCH3 is 1. The molecule has 2 aromatic carbocycles. The van der Waals surface area contributed by atoms with Gasteiger partial charge in [0.25, 0.3) is 5.91 Å². The second kappa shape index (κ2) is 9.63. The number of carbonyl (C=O) groups excluding carboxylic acids is 1. The van der Waals surface area contributed by atoms with Gasteiger partial charge in [0, 0.05) is 19.3 Å². The van der Waals surface area contributed by atoms with Gasteiger partial charge in [-0.3, -0.25) is 4.79 Å². The monoisotopic (exact) mass is 365 g/mol. The van der Waals surface area contributed by atoms with Gasteiger partial charge in [-0.25, -0.2) is 4.79 Å². The van der Waals surface area contributed by atoms with E-state index in [1.54, 1.807) is 31.4 Å². The zero-order valence-electron chi connectivity index (χ0n) is 14.7. The number of carbonyl (C=O) groups is 2. The van der Waals surface area contributed by atoms with Crippen LogP contribution in [0.5, 0.6) is 5.75 Å². The zero-order chi connectivity index (χ0) is 19.6. The van der Waals surface area contributed by atoms with E-state index in [0.29, 0.717) is 13.1 Å². The number of amides is 1. The minimum Gasteiger partial charge on any atom is -0.497 e. The lowest BCUT2D eigenvalue weighted by molar-refractivity contribution is -0.117. The fourth-order valence-electron chi connectivity index (χ4n) is 2.21. The second-order valence-corrected chi connectivity index (χ2v) is 5.58.